The molecule has 7 heteroatoms. The summed E-state index contributed by atoms with van der Waals surface area (Å²) >= 11 is 6.02. The standard InChI is InChI=1S/C17H23ClN4O2/c1-21(8-3-11-23)15-6-9-22(10-7-15)17-19-16(20-24-17)13-4-2-5-14(18)12-13/h2,4-5,12,15,23H,3,6-11H2,1H3. The maximum Gasteiger partial charge on any atom is 0.324 e. The highest BCUT2D eigenvalue weighted by molar-refractivity contribution is 6.30. The number of hydrogen-bond donors (Lipinski definition) is 1. The van der Waals surface area contributed by atoms with Crippen molar-refractivity contribution in [2.45, 2.75) is 25.3 Å². The van der Waals surface area contributed by atoms with Crippen LogP contribution in [0.5, 0.6) is 0 Å². The summed E-state index contributed by atoms with van der Waals surface area (Å²) in [6, 6.07) is 8.57. The summed E-state index contributed by atoms with van der Waals surface area (Å²) in [5.41, 5.74) is 0.858. The Morgan fingerprint density at radius 3 is 2.88 bits per heavy atom. The van der Waals surface area contributed by atoms with Gasteiger partial charge in [-0.3, -0.25) is 0 Å². The highest BCUT2D eigenvalue weighted by atomic mass is 35.5. The highest BCUT2D eigenvalue weighted by Crippen LogP contribution is 2.25. The van der Waals surface area contributed by atoms with Gasteiger partial charge in [0.05, 0.1) is 0 Å². The molecule has 1 aliphatic rings. The minimum Gasteiger partial charge on any atom is -0.396 e. The Bertz CT molecular complexity index is 656. The number of aliphatic hydroxyl groups is 1. The molecule has 1 aromatic heterocycles. The molecule has 2 aromatic rings. The topological polar surface area (TPSA) is 65.6 Å². The van der Waals surface area contributed by atoms with Crippen LogP contribution in [0.25, 0.3) is 11.4 Å². The van der Waals surface area contributed by atoms with E-state index in [1.807, 2.05) is 24.3 Å². The van der Waals surface area contributed by atoms with Gasteiger partial charge in [-0.1, -0.05) is 28.9 Å². The number of rotatable bonds is 6. The van der Waals surface area contributed by atoms with Crippen molar-refractivity contribution in [3.05, 3.63) is 29.3 Å². The van der Waals surface area contributed by atoms with E-state index in [1.54, 1.807) is 0 Å². The third-order valence-electron chi connectivity index (χ3n) is 4.53. The zero-order chi connectivity index (χ0) is 16.9. The van der Waals surface area contributed by atoms with Crippen molar-refractivity contribution in [1.29, 1.82) is 0 Å². The van der Waals surface area contributed by atoms with Gasteiger partial charge in [0.15, 0.2) is 0 Å². The quantitative estimate of drug-likeness (QED) is 0.864. The van der Waals surface area contributed by atoms with Crippen LogP contribution in [0, 0.1) is 0 Å². The van der Waals surface area contributed by atoms with Crippen molar-refractivity contribution in [1.82, 2.24) is 15.0 Å². The largest absolute Gasteiger partial charge is 0.396 e. The molecular weight excluding hydrogens is 328 g/mol. The number of aliphatic hydroxyl groups excluding tert-OH is 1. The summed E-state index contributed by atoms with van der Waals surface area (Å²) in [5, 5.41) is 13.7. The molecule has 0 radical (unpaired) electrons. The fourth-order valence-corrected chi connectivity index (χ4v) is 3.28. The van der Waals surface area contributed by atoms with Crippen LogP contribution in [-0.4, -0.2) is 59.5 Å². The van der Waals surface area contributed by atoms with Crippen molar-refractivity contribution in [3.8, 4) is 11.4 Å². The molecule has 0 spiro atoms. The monoisotopic (exact) mass is 350 g/mol. The Morgan fingerprint density at radius 2 is 2.17 bits per heavy atom. The lowest BCUT2D eigenvalue weighted by Gasteiger charge is -2.35. The Hall–Kier alpha value is -1.63. The highest BCUT2D eigenvalue weighted by Gasteiger charge is 2.25. The molecule has 0 atom stereocenters. The molecular formula is C17H23ClN4O2. The van der Waals surface area contributed by atoms with E-state index in [0.717, 1.165) is 44.5 Å². The molecule has 1 aromatic carbocycles. The third-order valence-corrected chi connectivity index (χ3v) is 4.76. The summed E-state index contributed by atoms with van der Waals surface area (Å²) in [6.07, 6.45) is 2.93. The number of hydrogen-bond acceptors (Lipinski definition) is 6. The zero-order valence-electron chi connectivity index (χ0n) is 13.9. The average Bonchev–Trinajstić information content (AvgIpc) is 3.10. The minimum atomic E-state index is 0.247. The van der Waals surface area contributed by atoms with E-state index in [4.69, 9.17) is 21.2 Å². The molecule has 0 aliphatic carbocycles. The van der Waals surface area contributed by atoms with Gasteiger partial charge in [0.25, 0.3) is 0 Å². The maximum absolute atomic E-state index is 8.95. The number of halogens is 1. The molecule has 0 saturated carbocycles. The second kappa shape index (κ2) is 7.96. The van der Waals surface area contributed by atoms with Crippen LogP contribution < -0.4 is 4.90 Å². The number of benzene rings is 1. The summed E-state index contributed by atoms with van der Waals surface area (Å²) < 4.78 is 5.43. The zero-order valence-corrected chi connectivity index (χ0v) is 14.6. The Balaban J connectivity index is 1.59. The van der Waals surface area contributed by atoms with Gasteiger partial charge in [-0.25, -0.2) is 0 Å². The lowest BCUT2D eigenvalue weighted by atomic mass is 10.0. The molecule has 24 heavy (non-hydrogen) atoms. The van der Waals surface area contributed by atoms with E-state index in [1.165, 1.54) is 0 Å². The SMILES string of the molecule is CN(CCCO)C1CCN(c2nc(-c3cccc(Cl)c3)no2)CC1. The smallest absolute Gasteiger partial charge is 0.324 e. The van der Waals surface area contributed by atoms with Gasteiger partial charge in [-0.15, -0.1) is 0 Å². The lowest BCUT2D eigenvalue weighted by molar-refractivity contribution is 0.183. The Labute approximate surface area is 147 Å². The first-order valence-corrected chi connectivity index (χ1v) is 8.71. The molecule has 0 unspecified atom stereocenters. The van der Waals surface area contributed by atoms with Crippen molar-refractivity contribution in [2.24, 2.45) is 0 Å². The van der Waals surface area contributed by atoms with Gasteiger partial charge in [-0.2, -0.15) is 4.98 Å². The summed E-state index contributed by atoms with van der Waals surface area (Å²) in [6.45, 7) is 2.97. The maximum atomic E-state index is 8.95. The second-order valence-corrected chi connectivity index (χ2v) is 6.62. The van der Waals surface area contributed by atoms with Crippen LogP contribution in [0.1, 0.15) is 19.3 Å². The van der Waals surface area contributed by atoms with Crippen molar-refractivity contribution < 1.29 is 9.63 Å². The van der Waals surface area contributed by atoms with Crippen LogP contribution in [-0.2, 0) is 0 Å². The predicted octanol–water partition coefficient (Wildman–Crippen LogP) is 2.67. The number of piperidine rings is 1. The first kappa shape index (κ1) is 17.2. The molecule has 0 bridgehead atoms. The molecule has 0 amide bonds. The van der Waals surface area contributed by atoms with E-state index < -0.39 is 0 Å². The van der Waals surface area contributed by atoms with E-state index in [2.05, 4.69) is 27.0 Å². The van der Waals surface area contributed by atoms with E-state index in [9.17, 15) is 0 Å². The van der Waals surface area contributed by atoms with E-state index in [-0.39, 0.29) is 6.61 Å². The number of nitrogens with zero attached hydrogens (tertiary/aromatic N) is 4. The molecule has 6 nitrogen and oxygen atoms in total. The van der Waals surface area contributed by atoms with Gasteiger partial charge in [0, 0.05) is 42.9 Å². The van der Waals surface area contributed by atoms with E-state index in [0.29, 0.717) is 22.9 Å². The van der Waals surface area contributed by atoms with Crippen LogP contribution in [0.4, 0.5) is 6.01 Å². The summed E-state index contributed by atoms with van der Waals surface area (Å²) in [4.78, 5) is 8.98. The lowest BCUT2D eigenvalue weighted by Crippen LogP contribution is -2.44. The summed E-state index contributed by atoms with van der Waals surface area (Å²) in [5.74, 6) is 0.565. The van der Waals surface area contributed by atoms with Gasteiger partial charge < -0.3 is 19.4 Å². The molecule has 1 saturated heterocycles. The molecule has 3 rings (SSSR count). The molecule has 1 aliphatic heterocycles. The van der Waals surface area contributed by atoms with Gasteiger partial charge in [0.2, 0.25) is 5.82 Å². The first-order chi connectivity index (χ1) is 11.7. The molecule has 130 valence electrons. The van der Waals surface area contributed by atoms with Crippen molar-refractivity contribution in [3.63, 3.8) is 0 Å². The molecule has 1 N–H and O–H groups in total. The van der Waals surface area contributed by atoms with Crippen LogP contribution in [0.3, 0.4) is 0 Å². The predicted molar refractivity (Wildman–Crippen MR) is 94.3 cm³/mol. The van der Waals surface area contributed by atoms with Gasteiger partial charge in [-0.05, 0) is 38.4 Å². The summed E-state index contributed by atoms with van der Waals surface area (Å²) in [7, 11) is 2.12. The van der Waals surface area contributed by atoms with Gasteiger partial charge in [0.1, 0.15) is 0 Å². The van der Waals surface area contributed by atoms with Crippen LogP contribution in [0.2, 0.25) is 5.02 Å². The molecule has 2 heterocycles. The number of aromatic nitrogens is 2. The van der Waals surface area contributed by atoms with Crippen LogP contribution in [0.15, 0.2) is 28.8 Å². The fourth-order valence-electron chi connectivity index (χ4n) is 3.09. The molecule has 1 fully saturated rings. The Morgan fingerprint density at radius 1 is 1.38 bits per heavy atom. The normalized spacial score (nSPS) is 16.1. The first-order valence-electron chi connectivity index (χ1n) is 8.33. The van der Waals surface area contributed by atoms with E-state index >= 15 is 0 Å². The van der Waals surface area contributed by atoms with Gasteiger partial charge >= 0.3 is 6.01 Å². The average molecular weight is 351 g/mol. The fraction of sp³-hybridized carbons (Fsp3) is 0.529. The third kappa shape index (κ3) is 4.06. The van der Waals surface area contributed by atoms with Crippen molar-refractivity contribution >= 4 is 17.6 Å². The van der Waals surface area contributed by atoms with Crippen LogP contribution >= 0.6 is 11.6 Å². The minimum absolute atomic E-state index is 0.247. The number of anilines is 1. The second-order valence-electron chi connectivity index (χ2n) is 6.19. The van der Waals surface area contributed by atoms with Crippen molar-refractivity contribution in [2.75, 3.05) is 38.2 Å². The Kier molecular flexibility index (Phi) is 5.71.